The quantitative estimate of drug-likeness (QED) is 0.836. The van der Waals surface area contributed by atoms with Crippen LogP contribution in [0.2, 0.25) is 5.02 Å². The van der Waals surface area contributed by atoms with Gasteiger partial charge in [-0.1, -0.05) is 30.9 Å². The Bertz CT molecular complexity index is 444. The number of carbonyl (C=O) groups excluding carboxylic acids is 1. The molecular formula is C15H20ClNOS. The molecule has 0 atom stereocenters. The maximum Gasteiger partial charge on any atom is 0.252 e. The predicted octanol–water partition coefficient (Wildman–Crippen LogP) is 4.37. The van der Waals surface area contributed by atoms with Crippen molar-refractivity contribution in [1.82, 2.24) is 5.32 Å². The van der Waals surface area contributed by atoms with E-state index in [0.717, 1.165) is 11.4 Å². The summed E-state index contributed by atoms with van der Waals surface area (Å²) >= 11 is 7.72. The lowest BCUT2D eigenvalue weighted by atomic mass is 9.89. The van der Waals surface area contributed by atoms with Gasteiger partial charge in [0.05, 0.1) is 10.6 Å². The minimum Gasteiger partial charge on any atom is -0.352 e. The standard InChI is InChI=1S/C15H20ClNOS/c1-19-12-7-8-14(16)13(9-12)15(18)17-10-11-5-3-2-4-6-11/h7-9,11H,2-6,10H2,1H3,(H,17,18). The Balaban J connectivity index is 1.95. The Morgan fingerprint density at radius 3 is 2.79 bits per heavy atom. The molecule has 0 radical (unpaired) electrons. The average Bonchev–Trinajstić information content (AvgIpc) is 2.46. The molecule has 19 heavy (non-hydrogen) atoms. The summed E-state index contributed by atoms with van der Waals surface area (Å²) in [5, 5.41) is 3.55. The largest absolute Gasteiger partial charge is 0.352 e. The summed E-state index contributed by atoms with van der Waals surface area (Å²) in [6.07, 6.45) is 8.39. The lowest BCUT2D eigenvalue weighted by Crippen LogP contribution is -2.30. The molecular weight excluding hydrogens is 278 g/mol. The lowest BCUT2D eigenvalue weighted by Gasteiger charge is -2.21. The number of benzene rings is 1. The number of halogens is 1. The van der Waals surface area contributed by atoms with E-state index < -0.39 is 0 Å². The first kappa shape index (κ1) is 14.7. The van der Waals surface area contributed by atoms with Crippen molar-refractivity contribution in [3.8, 4) is 0 Å². The van der Waals surface area contributed by atoms with Crippen LogP contribution in [0.25, 0.3) is 0 Å². The van der Waals surface area contributed by atoms with E-state index in [0.29, 0.717) is 16.5 Å². The van der Waals surface area contributed by atoms with Crippen LogP contribution in [-0.2, 0) is 0 Å². The predicted molar refractivity (Wildman–Crippen MR) is 82.1 cm³/mol. The first-order chi connectivity index (χ1) is 9.20. The molecule has 1 aliphatic carbocycles. The normalized spacial score (nSPS) is 16.3. The molecule has 1 N–H and O–H groups in total. The highest BCUT2D eigenvalue weighted by Crippen LogP contribution is 2.24. The zero-order valence-corrected chi connectivity index (χ0v) is 12.8. The van der Waals surface area contributed by atoms with Crippen molar-refractivity contribution in [3.05, 3.63) is 28.8 Å². The highest BCUT2D eigenvalue weighted by molar-refractivity contribution is 7.98. The van der Waals surface area contributed by atoms with Crippen LogP contribution in [0.4, 0.5) is 0 Å². The molecule has 0 spiro atoms. The van der Waals surface area contributed by atoms with Gasteiger partial charge in [0.1, 0.15) is 0 Å². The SMILES string of the molecule is CSc1ccc(Cl)c(C(=O)NCC2CCCCC2)c1. The van der Waals surface area contributed by atoms with Gasteiger partial charge in [-0.25, -0.2) is 0 Å². The van der Waals surface area contributed by atoms with Crippen LogP contribution in [-0.4, -0.2) is 18.7 Å². The minimum atomic E-state index is -0.0496. The van der Waals surface area contributed by atoms with Crippen molar-refractivity contribution in [2.75, 3.05) is 12.8 Å². The second-order valence-corrected chi connectivity index (χ2v) is 6.35. The Morgan fingerprint density at radius 1 is 1.37 bits per heavy atom. The highest BCUT2D eigenvalue weighted by Gasteiger charge is 2.16. The van der Waals surface area contributed by atoms with Gasteiger partial charge in [0, 0.05) is 11.4 Å². The average molecular weight is 298 g/mol. The summed E-state index contributed by atoms with van der Waals surface area (Å²) < 4.78 is 0. The van der Waals surface area contributed by atoms with Crippen molar-refractivity contribution >= 4 is 29.3 Å². The van der Waals surface area contributed by atoms with Gasteiger partial charge in [0.2, 0.25) is 0 Å². The molecule has 1 aliphatic rings. The van der Waals surface area contributed by atoms with E-state index in [2.05, 4.69) is 5.32 Å². The molecule has 0 aromatic heterocycles. The third-order valence-corrected chi connectivity index (χ3v) is 4.75. The number of hydrogen-bond donors (Lipinski definition) is 1. The van der Waals surface area contributed by atoms with Crippen molar-refractivity contribution < 1.29 is 4.79 Å². The number of nitrogens with one attached hydrogen (secondary N) is 1. The monoisotopic (exact) mass is 297 g/mol. The van der Waals surface area contributed by atoms with Crippen LogP contribution in [0.1, 0.15) is 42.5 Å². The Kier molecular flexibility index (Phi) is 5.59. The molecule has 0 unspecified atom stereocenters. The summed E-state index contributed by atoms with van der Waals surface area (Å²) in [4.78, 5) is 13.2. The molecule has 4 heteroatoms. The second kappa shape index (κ2) is 7.20. The van der Waals surface area contributed by atoms with Crippen LogP contribution >= 0.6 is 23.4 Å². The molecule has 2 rings (SSSR count). The van der Waals surface area contributed by atoms with E-state index in [4.69, 9.17) is 11.6 Å². The third-order valence-electron chi connectivity index (χ3n) is 3.69. The van der Waals surface area contributed by atoms with E-state index >= 15 is 0 Å². The van der Waals surface area contributed by atoms with Gasteiger partial charge in [-0.2, -0.15) is 0 Å². The highest BCUT2D eigenvalue weighted by atomic mass is 35.5. The van der Waals surface area contributed by atoms with E-state index in [1.54, 1.807) is 17.8 Å². The van der Waals surface area contributed by atoms with Gasteiger partial charge in [-0.05, 0) is 43.2 Å². The summed E-state index contributed by atoms with van der Waals surface area (Å²) in [6, 6.07) is 5.59. The molecule has 1 fully saturated rings. The summed E-state index contributed by atoms with van der Waals surface area (Å²) in [5.74, 6) is 0.590. The molecule has 2 nitrogen and oxygen atoms in total. The number of amides is 1. The first-order valence-electron chi connectivity index (χ1n) is 6.82. The van der Waals surface area contributed by atoms with E-state index in [-0.39, 0.29) is 5.91 Å². The molecule has 0 saturated heterocycles. The van der Waals surface area contributed by atoms with Gasteiger partial charge in [0.15, 0.2) is 0 Å². The number of rotatable bonds is 4. The van der Waals surface area contributed by atoms with Gasteiger partial charge in [-0.15, -0.1) is 11.8 Å². The number of thioether (sulfide) groups is 1. The van der Waals surface area contributed by atoms with Crippen molar-refractivity contribution in [3.63, 3.8) is 0 Å². The first-order valence-corrected chi connectivity index (χ1v) is 8.42. The van der Waals surface area contributed by atoms with E-state index in [9.17, 15) is 4.79 Å². The van der Waals surface area contributed by atoms with Crippen LogP contribution < -0.4 is 5.32 Å². The fourth-order valence-electron chi connectivity index (χ4n) is 2.53. The van der Waals surface area contributed by atoms with Crippen LogP contribution in [0, 0.1) is 5.92 Å². The van der Waals surface area contributed by atoms with Gasteiger partial charge in [0.25, 0.3) is 5.91 Å². The second-order valence-electron chi connectivity index (χ2n) is 5.06. The molecule has 0 aliphatic heterocycles. The molecule has 0 bridgehead atoms. The minimum absolute atomic E-state index is 0.0496. The Labute approximate surface area is 124 Å². The molecule has 1 amide bonds. The van der Waals surface area contributed by atoms with Crippen LogP contribution in [0.3, 0.4) is 0 Å². The van der Waals surface area contributed by atoms with Crippen molar-refractivity contribution in [1.29, 1.82) is 0 Å². The smallest absolute Gasteiger partial charge is 0.252 e. The number of carbonyl (C=O) groups is 1. The summed E-state index contributed by atoms with van der Waals surface area (Å²) in [5.41, 5.74) is 0.587. The third kappa shape index (κ3) is 4.15. The van der Waals surface area contributed by atoms with Gasteiger partial charge in [-0.3, -0.25) is 4.79 Å². The van der Waals surface area contributed by atoms with Gasteiger partial charge < -0.3 is 5.32 Å². The maximum absolute atomic E-state index is 12.2. The van der Waals surface area contributed by atoms with E-state index in [1.807, 2.05) is 18.4 Å². The van der Waals surface area contributed by atoms with Crippen molar-refractivity contribution in [2.45, 2.75) is 37.0 Å². The zero-order valence-electron chi connectivity index (χ0n) is 11.2. The Hall–Kier alpha value is -0.670. The molecule has 0 heterocycles. The van der Waals surface area contributed by atoms with Gasteiger partial charge >= 0.3 is 0 Å². The Morgan fingerprint density at radius 2 is 2.11 bits per heavy atom. The molecule has 104 valence electrons. The topological polar surface area (TPSA) is 29.1 Å². The van der Waals surface area contributed by atoms with Crippen LogP contribution in [0.5, 0.6) is 0 Å². The summed E-state index contributed by atoms with van der Waals surface area (Å²) in [7, 11) is 0. The fourth-order valence-corrected chi connectivity index (χ4v) is 3.17. The summed E-state index contributed by atoms with van der Waals surface area (Å²) in [6.45, 7) is 0.776. The van der Waals surface area contributed by atoms with E-state index in [1.165, 1.54) is 32.1 Å². The number of hydrogen-bond acceptors (Lipinski definition) is 2. The zero-order chi connectivity index (χ0) is 13.7. The molecule has 1 saturated carbocycles. The lowest BCUT2D eigenvalue weighted by molar-refractivity contribution is 0.0943. The molecule has 1 aromatic carbocycles. The molecule has 1 aromatic rings. The van der Waals surface area contributed by atoms with Crippen molar-refractivity contribution in [2.24, 2.45) is 5.92 Å². The fraction of sp³-hybridized carbons (Fsp3) is 0.533. The maximum atomic E-state index is 12.2. The van der Waals surface area contributed by atoms with Crippen LogP contribution in [0.15, 0.2) is 23.1 Å².